The lowest BCUT2D eigenvalue weighted by Crippen LogP contribution is -1.92. The minimum atomic E-state index is 0.885. The highest BCUT2D eigenvalue weighted by Gasteiger charge is 2.29. The van der Waals surface area contributed by atoms with Gasteiger partial charge in [-0.15, -0.1) is 11.3 Å². The first kappa shape index (κ1) is 79.2. The molecule has 0 atom stereocenters. The van der Waals surface area contributed by atoms with Crippen LogP contribution in [0.4, 0.5) is 0 Å². The summed E-state index contributed by atoms with van der Waals surface area (Å²) in [6.07, 6.45) is 3.72. The van der Waals surface area contributed by atoms with E-state index in [0.29, 0.717) is 0 Å². The second kappa shape index (κ2) is 32.4. The molecule has 0 bridgehead atoms. The molecule has 24 aromatic carbocycles. The third-order valence-electron chi connectivity index (χ3n) is 28.4. The van der Waals surface area contributed by atoms with E-state index in [1.807, 2.05) is 35.9 Å². The van der Waals surface area contributed by atoms with Crippen LogP contribution < -0.4 is 0 Å². The van der Waals surface area contributed by atoms with Crippen LogP contribution in [-0.4, -0.2) is 4.98 Å². The van der Waals surface area contributed by atoms with Gasteiger partial charge >= 0.3 is 0 Å². The SMILES string of the molecule is Cc1ccc(-c2ccc(-c3c4ccccc4c(-c4cccc5ccccc45)c4ccccc34)c3c2oc2ccccc23)cc1.c1ccc2c(-c3c4ccccc4c(-c4ccc(-c5cccc6c5sc5ccccc56)c5oc6ccccc6c45)c4ccccc34)cccc2c1.c1cncc(-c2ccc(-c3c4ccccc4c(-c4cccc5ccccc45)c4ccccc34)c3c2oc2ccccc23)c1. The molecule has 638 valence electrons. The standard InChI is InChI=1S/C48H28OS.C43H28O.C41H25NO/c1-2-15-30-29(13-1)14-11-22-32(30)44-33-17-3-5-19-35(33)45(36-20-6-4-18-34(36)44)41-28-27-37(47-46(41)40-21-7-9-25-42(40)49-47)39-24-12-23-38-31-16-8-10-26-43(31)50-48(38)39;1-27-21-23-29(24-22-27)31-25-26-38(42-37-18-8-9-20-39(37)44-43(31)42)41-35-16-6-4-14-33(35)40(34-15-5-7-17-36(34)41)32-19-10-12-28-11-2-3-13-30(28)32;1-2-14-28-26(11-1)12-9-20-30(28)38-31-15-3-5-17-33(31)39(34-18-6-4-16-32(34)38)36-23-22-29(27-13-10-24-42-25-27)41-40(36)35-19-7-8-21-37(35)43-41/h1-28H;2-26H,1H3;1-25H. The molecule has 5 heterocycles. The van der Waals surface area contributed by atoms with Crippen molar-refractivity contribution in [3.8, 4) is 100 Å². The molecule has 0 N–H and O–H groups in total. The van der Waals surface area contributed by atoms with Gasteiger partial charge in [0.15, 0.2) is 0 Å². The lowest BCUT2D eigenvalue weighted by Gasteiger charge is -2.19. The summed E-state index contributed by atoms with van der Waals surface area (Å²) in [7, 11) is 0. The molecule has 0 aliphatic heterocycles. The summed E-state index contributed by atoms with van der Waals surface area (Å²) in [5.41, 5.74) is 28.2. The second-order valence-corrected chi connectivity index (χ2v) is 36.9. The fourth-order valence-electron chi connectivity index (χ4n) is 22.4. The molecular formula is C132H81NO3S. The van der Waals surface area contributed by atoms with Crippen LogP contribution in [0.25, 0.3) is 283 Å². The van der Waals surface area contributed by atoms with E-state index in [4.69, 9.17) is 13.3 Å². The number of hydrogen-bond donors (Lipinski definition) is 0. The number of nitrogens with zero attached hydrogens (tertiary/aromatic N) is 1. The van der Waals surface area contributed by atoms with Gasteiger partial charge in [0.05, 0.1) is 0 Å². The van der Waals surface area contributed by atoms with E-state index in [9.17, 15) is 0 Å². The number of furan rings is 3. The molecular weight excluding hydrogens is 1680 g/mol. The van der Waals surface area contributed by atoms with Crippen LogP contribution in [-0.2, 0) is 0 Å². The summed E-state index contributed by atoms with van der Waals surface area (Å²) in [4.78, 5) is 4.40. The van der Waals surface area contributed by atoms with E-state index in [1.165, 1.54) is 195 Å². The molecule has 29 rings (SSSR count). The largest absolute Gasteiger partial charge is 0.455 e. The molecule has 0 aliphatic rings. The molecule has 0 amide bonds. The Hall–Kier alpha value is -17.6. The molecule has 0 spiro atoms. The van der Waals surface area contributed by atoms with Crippen molar-refractivity contribution in [2.45, 2.75) is 6.92 Å². The number of thiophene rings is 1. The van der Waals surface area contributed by atoms with Crippen molar-refractivity contribution in [2.75, 3.05) is 0 Å². The van der Waals surface area contributed by atoms with Crippen molar-refractivity contribution in [3.63, 3.8) is 0 Å². The smallest absolute Gasteiger partial charge is 0.143 e. The zero-order valence-electron chi connectivity index (χ0n) is 74.6. The number of para-hydroxylation sites is 3. The molecule has 0 aliphatic carbocycles. The Morgan fingerprint density at radius 3 is 0.818 bits per heavy atom. The lowest BCUT2D eigenvalue weighted by atomic mass is 9.83. The third kappa shape index (κ3) is 12.8. The molecule has 29 aromatic rings. The van der Waals surface area contributed by atoms with Gasteiger partial charge in [0.1, 0.15) is 33.5 Å². The van der Waals surface area contributed by atoms with Crippen LogP contribution in [0.2, 0.25) is 0 Å². The van der Waals surface area contributed by atoms with E-state index >= 15 is 0 Å². The Kier molecular flexibility index (Phi) is 18.7. The van der Waals surface area contributed by atoms with Crippen LogP contribution >= 0.6 is 11.3 Å². The van der Waals surface area contributed by atoms with Gasteiger partial charge in [-0.3, -0.25) is 4.98 Å². The molecule has 0 unspecified atom stereocenters. The van der Waals surface area contributed by atoms with Gasteiger partial charge < -0.3 is 13.3 Å². The van der Waals surface area contributed by atoms with E-state index in [-0.39, 0.29) is 0 Å². The first-order chi connectivity index (χ1) is 68.0. The zero-order chi connectivity index (χ0) is 90.3. The molecule has 137 heavy (non-hydrogen) atoms. The van der Waals surface area contributed by atoms with E-state index in [1.54, 1.807) is 0 Å². The highest BCUT2D eigenvalue weighted by molar-refractivity contribution is 7.26. The monoisotopic (exact) mass is 1760 g/mol. The van der Waals surface area contributed by atoms with Crippen LogP contribution in [0.5, 0.6) is 0 Å². The van der Waals surface area contributed by atoms with E-state index < -0.39 is 0 Å². The summed E-state index contributed by atoms with van der Waals surface area (Å²) >= 11 is 1.86. The minimum Gasteiger partial charge on any atom is -0.455 e. The topological polar surface area (TPSA) is 52.3 Å². The predicted octanol–water partition coefficient (Wildman–Crippen LogP) is 38.2. The maximum Gasteiger partial charge on any atom is 0.143 e. The zero-order valence-corrected chi connectivity index (χ0v) is 75.4. The van der Waals surface area contributed by atoms with Crippen molar-refractivity contribution < 1.29 is 13.3 Å². The van der Waals surface area contributed by atoms with Gasteiger partial charge in [0, 0.05) is 92.7 Å². The molecule has 5 aromatic heterocycles. The molecule has 0 fully saturated rings. The predicted molar refractivity (Wildman–Crippen MR) is 583 cm³/mol. The molecule has 4 nitrogen and oxygen atoms in total. The van der Waals surface area contributed by atoms with E-state index in [2.05, 4.69) is 461 Å². The lowest BCUT2D eigenvalue weighted by molar-refractivity contribution is 0.669. The van der Waals surface area contributed by atoms with Gasteiger partial charge in [-0.25, -0.2) is 0 Å². The average molecular weight is 1760 g/mol. The van der Waals surface area contributed by atoms with Gasteiger partial charge in [-0.1, -0.05) is 418 Å². The van der Waals surface area contributed by atoms with Gasteiger partial charge in [-0.05, 0) is 225 Å². The second-order valence-electron chi connectivity index (χ2n) is 35.9. The number of aryl methyl sites for hydroxylation is 1. The van der Waals surface area contributed by atoms with Crippen molar-refractivity contribution >= 4 is 194 Å². The van der Waals surface area contributed by atoms with Gasteiger partial charge in [0.2, 0.25) is 0 Å². The summed E-state index contributed by atoms with van der Waals surface area (Å²) in [6, 6.07) is 167. The number of hydrogen-bond acceptors (Lipinski definition) is 5. The number of pyridine rings is 1. The number of benzene rings is 24. The van der Waals surface area contributed by atoms with Gasteiger partial charge in [0.25, 0.3) is 0 Å². The van der Waals surface area contributed by atoms with Crippen molar-refractivity contribution in [1.82, 2.24) is 4.98 Å². The molecule has 0 saturated carbocycles. The summed E-state index contributed by atoms with van der Waals surface area (Å²) in [5.74, 6) is 0. The Labute approximate surface area is 792 Å². The van der Waals surface area contributed by atoms with Crippen LogP contribution in [0.1, 0.15) is 5.56 Å². The average Bonchev–Trinajstić information content (AvgIpc) is 1.68. The fraction of sp³-hybridized carbons (Fsp3) is 0.00758. The van der Waals surface area contributed by atoms with Crippen molar-refractivity contribution in [1.29, 1.82) is 0 Å². The van der Waals surface area contributed by atoms with E-state index in [0.717, 1.165) is 93.6 Å². The Balaban J connectivity index is 0.000000104. The summed E-state index contributed by atoms with van der Waals surface area (Å²) < 4.78 is 22.8. The Morgan fingerprint density at radius 2 is 0.453 bits per heavy atom. The Bertz CT molecular complexity index is 9840. The van der Waals surface area contributed by atoms with Crippen LogP contribution in [0.15, 0.2) is 487 Å². The highest BCUT2D eigenvalue weighted by Crippen LogP contribution is 2.56. The quantitative estimate of drug-likeness (QED) is 0.135. The Morgan fingerprint density at radius 1 is 0.182 bits per heavy atom. The summed E-state index contributed by atoms with van der Waals surface area (Å²) in [5, 5.41) is 31.8. The van der Waals surface area contributed by atoms with Crippen molar-refractivity contribution in [2.24, 2.45) is 0 Å². The maximum absolute atomic E-state index is 6.89. The minimum absolute atomic E-state index is 0.885. The summed E-state index contributed by atoms with van der Waals surface area (Å²) in [6.45, 7) is 2.13. The fourth-order valence-corrected chi connectivity index (χ4v) is 23.7. The number of aromatic nitrogens is 1. The molecule has 0 radical (unpaired) electrons. The first-order valence-corrected chi connectivity index (χ1v) is 47.7. The highest BCUT2D eigenvalue weighted by atomic mass is 32.1. The third-order valence-corrected chi connectivity index (χ3v) is 29.6. The maximum atomic E-state index is 6.89. The normalized spacial score (nSPS) is 11.8. The van der Waals surface area contributed by atoms with Crippen molar-refractivity contribution in [3.05, 3.63) is 479 Å². The van der Waals surface area contributed by atoms with Crippen LogP contribution in [0.3, 0.4) is 0 Å². The molecule has 5 heteroatoms. The van der Waals surface area contributed by atoms with Crippen LogP contribution in [0, 0.1) is 6.92 Å². The first-order valence-electron chi connectivity index (χ1n) is 46.9. The van der Waals surface area contributed by atoms with Gasteiger partial charge in [-0.2, -0.15) is 0 Å². The molecule has 0 saturated heterocycles. The number of rotatable bonds is 9. The number of fused-ring (bicyclic) bond motifs is 21.